The molecule has 138 valence electrons. The van der Waals surface area contributed by atoms with Crippen LogP contribution in [0.25, 0.3) is 0 Å². The second kappa shape index (κ2) is 10.3. The van der Waals surface area contributed by atoms with Crippen LogP contribution in [0.15, 0.2) is 58.8 Å². The van der Waals surface area contributed by atoms with Gasteiger partial charge >= 0.3 is 0 Å². The Labute approximate surface area is 154 Å². The Hall–Kier alpha value is -2.76. The van der Waals surface area contributed by atoms with E-state index in [-0.39, 0.29) is 5.69 Å². The van der Waals surface area contributed by atoms with Crippen molar-refractivity contribution in [2.75, 3.05) is 18.0 Å². The number of rotatable bonds is 10. The van der Waals surface area contributed by atoms with Crippen LogP contribution in [0.4, 0.5) is 22.7 Å². The summed E-state index contributed by atoms with van der Waals surface area (Å²) in [6.45, 7) is 6.56. The third-order valence-corrected chi connectivity index (χ3v) is 4.12. The third kappa shape index (κ3) is 5.95. The summed E-state index contributed by atoms with van der Waals surface area (Å²) in [5.74, 6) is 0. The molecule has 0 saturated carbocycles. The van der Waals surface area contributed by atoms with Gasteiger partial charge in [0.15, 0.2) is 0 Å². The van der Waals surface area contributed by atoms with Gasteiger partial charge in [-0.1, -0.05) is 26.7 Å². The number of anilines is 1. The zero-order chi connectivity index (χ0) is 18.8. The minimum atomic E-state index is -0.428. The molecule has 0 fully saturated rings. The number of nitro groups is 1. The molecule has 0 aliphatic heterocycles. The summed E-state index contributed by atoms with van der Waals surface area (Å²) in [5.41, 5.74) is 2.61. The molecule has 2 rings (SSSR count). The topological polar surface area (TPSA) is 71.1 Å². The van der Waals surface area contributed by atoms with Crippen molar-refractivity contribution < 1.29 is 4.92 Å². The molecule has 0 amide bonds. The largest absolute Gasteiger partial charge is 0.372 e. The summed E-state index contributed by atoms with van der Waals surface area (Å²) >= 11 is 0. The summed E-state index contributed by atoms with van der Waals surface area (Å²) < 4.78 is 0. The smallest absolute Gasteiger partial charge is 0.269 e. The van der Waals surface area contributed by atoms with Crippen LogP contribution >= 0.6 is 0 Å². The average Bonchev–Trinajstić information content (AvgIpc) is 2.67. The van der Waals surface area contributed by atoms with Crippen LogP contribution in [0.1, 0.15) is 39.5 Å². The van der Waals surface area contributed by atoms with Crippen molar-refractivity contribution in [1.29, 1.82) is 0 Å². The first-order valence-electron chi connectivity index (χ1n) is 9.15. The lowest BCUT2D eigenvalue weighted by molar-refractivity contribution is -0.384. The molecule has 6 nitrogen and oxygen atoms in total. The minimum Gasteiger partial charge on any atom is -0.372 e. The first-order chi connectivity index (χ1) is 12.6. The van der Waals surface area contributed by atoms with E-state index in [4.69, 9.17) is 0 Å². The molecule has 0 saturated heterocycles. The molecule has 2 aromatic rings. The Morgan fingerprint density at radius 1 is 0.846 bits per heavy atom. The minimum absolute atomic E-state index is 0.0487. The second-order valence-corrected chi connectivity index (χ2v) is 6.18. The van der Waals surface area contributed by atoms with Crippen molar-refractivity contribution in [3.05, 3.63) is 58.6 Å². The molecule has 0 radical (unpaired) electrons. The van der Waals surface area contributed by atoms with E-state index >= 15 is 0 Å². The molecule has 0 aliphatic rings. The maximum absolute atomic E-state index is 10.7. The van der Waals surface area contributed by atoms with Crippen molar-refractivity contribution >= 4 is 22.7 Å². The van der Waals surface area contributed by atoms with Crippen molar-refractivity contribution in [2.45, 2.75) is 39.5 Å². The Morgan fingerprint density at radius 2 is 1.31 bits per heavy atom. The van der Waals surface area contributed by atoms with Crippen LogP contribution in [0.5, 0.6) is 0 Å². The maximum atomic E-state index is 10.7. The molecule has 6 heteroatoms. The average molecular weight is 354 g/mol. The predicted octanol–water partition coefficient (Wildman–Crippen LogP) is 6.42. The fraction of sp³-hybridized carbons (Fsp3) is 0.400. The highest BCUT2D eigenvalue weighted by molar-refractivity contribution is 5.53. The van der Waals surface area contributed by atoms with E-state index in [1.54, 1.807) is 12.1 Å². The van der Waals surface area contributed by atoms with Gasteiger partial charge < -0.3 is 4.90 Å². The monoisotopic (exact) mass is 354 g/mol. The summed E-state index contributed by atoms with van der Waals surface area (Å²) in [4.78, 5) is 12.7. The van der Waals surface area contributed by atoms with Crippen LogP contribution < -0.4 is 4.90 Å². The van der Waals surface area contributed by atoms with E-state index in [1.165, 1.54) is 43.5 Å². The number of azo groups is 1. The van der Waals surface area contributed by atoms with Gasteiger partial charge in [0, 0.05) is 30.9 Å². The lowest BCUT2D eigenvalue weighted by Gasteiger charge is -2.24. The van der Waals surface area contributed by atoms with Crippen LogP contribution in [0.3, 0.4) is 0 Å². The molecule has 0 aliphatic carbocycles. The molecule has 0 N–H and O–H groups in total. The van der Waals surface area contributed by atoms with E-state index in [0.717, 1.165) is 18.8 Å². The van der Waals surface area contributed by atoms with E-state index in [0.29, 0.717) is 5.69 Å². The highest BCUT2D eigenvalue weighted by Crippen LogP contribution is 2.24. The highest BCUT2D eigenvalue weighted by atomic mass is 16.6. The molecule has 2 aromatic carbocycles. The normalized spacial score (nSPS) is 11.0. The predicted molar refractivity (Wildman–Crippen MR) is 106 cm³/mol. The number of nitrogens with zero attached hydrogens (tertiary/aromatic N) is 4. The standard InChI is InChI=1S/C20H26N4O2/c1-3-5-15-23(16-6-4-2)19-11-7-17(8-12-19)21-22-18-9-13-20(14-10-18)24(25)26/h7-14H,3-6,15-16H2,1-2H3/b22-21+. The van der Waals surface area contributed by atoms with Gasteiger partial charge in [0.05, 0.1) is 16.3 Å². The van der Waals surface area contributed by atoms with Crippen molar-refractivity contribution in [1.82, 2.24) is 0 Å². The van der Waals surface area contributed by atoms with Gasteiger partial charge in [-0.2, -0.15) is 10.2 Å². The summed E-state index contributed by atoms with van der Waals surface area (Å²) in [6, 6.07) is 14.1. The maximum Gasteiger partial charge on any atom is 0.269 e. The molecular formula is C20H26N4O2. The number of hydrogen-bond acceptors (Lipinski definition) is 5. The highest BCUT2D eigenvalue weighted by Gasteiger charge is 2.06. The van der Waals surface area contributed by atoms with Crippen molar-refractivity contribution in [2.24, 2.45) is 10.2 Å². The van der Waals surface area contributed by atoms with Gasteiger partial charge in [0.2, 0.25) is 0 Å². The lowest BCUT2D eigenvalue weighted by Crippen LogP contribution is -2.25. The Balaban J connectivity index is 2.03. The summed E-state index contributed by atoms with van der Waals surface area (Å²) in [5, 5.41) is 19.0. The Bertz CT molecular complexity index is 704. The molecule has 0 aromatic heterocycles. The van der Waals surface area contributed by atoms with Gasteiger partial charge in [0.25, 0.3) is 5.69 Å². The molecule has 0 heterocycles. The molecule has 0 unspecified atom stereocenters. The van der Waals surface area contributed by atoms with Crippen LogP contribution in [0, 0.1) is 10.1 Å². The number of benzene rings is 2. The molecule has 0 atom stereocenters. The molecule has 0 spiro atoms. The fourth-order valence-electron chi connectivity index (χ4n) is 2.55. The quantitative estimate of drug-likeness (QED) is 0.281. The fourth-order valence-corrected chi connectivity index (χ4v) is 2.55. The van der Waals surface area contributed by atoms with E-state index in [1.807, 2.05) is 12.1 Å². The van der Waals surface area contributed by atoms with Gasteiger partial charge in [-0.3, -0.25) is 10.1 Å². The van der Waals surface area contributed by atoms with Crippen LogP contribution in [-0.4, -0.2) is 18.0 Å². The Morgan fingerprint density at radius 3 is 1.73 bits per heavy atom. The third-order valence-electron chi connectivity index (χ3n) is 4.12. The van der Waals surface area contributed by atoms with Crippen molar-refractivity contribution in [3.8, 4) is 0 Å². The van der Waals surface area contributed by atoms with E-state index < -0.39 is 4.92 Å². The molecule has 26 heavy (non-hydrogen) atoms. The van der Waals surface area contributed by atoms with Crippen molar-refractivity contribution in [3.63, 3.8) is 0 Å². The van der Waals surface area contributed by atoms with Gasteiger partial charge in [-0.15, -0.1) is 0 Å². The number of non-ortho nitro benzene ring substituents is 1. The second-order valence-electron chi connectivity index (χ2n) is 6.18. The van der Waals surface area contributed by atoms with E-state index in [2.05, 4.69) is 41.1 Å². The lowest BCUT2D eigenvalue weighted by atomic mass is 10.2. The number of hydrogen-bond donors (Lipinski definition) is 0. The first kappa shape index (κ1) is 19.6. The first-order valence-corrected chi connectivity index (χ1v) is 9.15. The SMILES string of the molecule is CCCCN(CCCC)c1ccc(/N=N/c2ccc([N+](=O)[O-])cc2)cc1. The number of unbranched alkanes of at least 4 members (excludes halogenated alkanes) is 2. The van der Waals surface area contributed by atoms with Crippen LogP contribution in [-0.2, 0) is 0 Å². The van der Waals surface area contributed by atoms with Gasteiger partial charge in [0.1, 0.15) is 0 Å². The van der Waals surface area contributed by atoms with Crippen LogP contribution in [0.2, 0.25) is 0 Å². The van der Waals surface area contributed by atoms with Gasteiger partial charge in [-0.05, 0) is 49.2 Å². The Kier molecular flexibility index (Phi) is 7.74. The summed E-state index contributed by atoms with van der Waals surface area (Å²) in [7, 11) is 0. The van der Waals surface area contributed by atoms with Gasteiger partial charge in [-0.25, -0.2) is 0 Å². The molecule has 0 bridgehead atoms. The van der Waals surface area contributed by atoms with E-state index in [9.17, 15) is 10.1 Å². The zero-order valence-electron chi connectivity index (χ0n) is 15.5. The molecular weight excluding hydrogens is 328 g/mol. The zero-order valence-corrected chi connectivity index (χ0v) is 15.5. The number of nitro benzene ring substituents is 1. The summed E-state index contributed by atoms with van der Waals surface area (Å²) in [6.07, 6.45) is 4.74.